The van der Waals surface area contributed by atoms with Gasteiger partial charge in [0.15, 0.2) is 17.3 Å². The number of carbonyl (C=O) groups is 1. The molecule has 0 unspecified atom stereocenters. The molecule has 0 aliphatic rings. The summed E-state index contributed by atoms with van der Waals surface area (Å²) in [6.45, 7) is 3.15. The Hall–Kier alpha value is -2.03. The number of pyridine rings is 1. The second kappa shape index (κ2) is 6.12. The number of aromatic hydroxyl groups is 1. The molecule has 0 aliphatic carbocycles. The molecule has 0 saturated carbocycles. The van der Waals surface area contributed by atoms with Gasteiger partial charge in [-0.15, -0.1) is 0 Å². The number of ketones is 1. The maximum absolute atomic E-state index is 14.8. The Bertz CT molecular complexity index is 983. The summed E-state index contributed by atoms with van der Waals surface area (Å²) in [5, 5.41) is 9.98. The molecule has 124 valence electrons. The van der Waals surface area contributed by atoms with E-state index in [9.17, 15) is 18.7 Å². The molecular weight excluding hydrogens is 429 g/mol. The molecule has 3 aromatic rings. The lowest BCUT2D eigenvalue weighted by atomic mass is 9.98. The normalized spacial score (nSPS) is 11.2. The minimum absolute atomic E-state index is 0.0598. The van der Waals surface area contributed by atoms with Gasteiger partial charge in [-0.2, -0.15) is 0 Å². The van der Waals surface area contributed by atoms with E-state index in [1.807, 2.05) is 6.92 Å². The van der Waals surface area contributed by atoms with Crippen molar-refractivity contribution in [3.63, 3.8) is 0 Å². The van der Waals surface area contributed by atoms with Gasteiger partial charge in [0.2, 0.25) is 0 Å². The van der Waals surface area contributed by atoms with E-state index in [0.717, 1.165) is 0 Å². The van der Waals surface area contributed by atoms with E-state index < -0.39 is 17.4 Å². The van der Waals surface area contributed by atoms with Crippen LogP contribution in [0.2, 0.25) is 0 Å². The van der Waals surface area contributed by atoms with Crippen molar-refractivity contribution in [3.05, 3.63) is 50.9 Å². The van der Waals surface area contributed by atoms with E-state index in [-0.39, 0.29) is 26.2 Å². The highest BCUT2D eigenvalue weighted by Crippen LogP contribution is 2.38. The number of fused-ring (bicyclic) bond motifs is 1. The predicted molar refractivity (Wildman–Crippen MR) is 94.3 cm³/mol. The fourth-order valence-corrected chi connectivity index (χ4v) is 3.24. The highest BCUT2D eigenvalue weighted by atomic mass is 127. The number of hydrogen-bond donors (Lipinski definition) is 1. The summed E-state index contributed by atoms with van der Waals surface area (Å²) in [6.07, 6.45) is 1.65. The van der Waals surface area contributed by atoms with Crippen LogP contribution in [0.25, 0.3) is 16.9 Å². The van der Waals surface area contributed by atoms with Gasteiger partial charge in [0.05, 0.1) is 20.5 Å². The zero-order valence-electron chi connectivity index (χ0n) is 12.9. The number of Topliss-reactive ketones (excluding diaryl/α,β-unsaturated/α-hetero) is 1. The molecule has 0 aliphatic heterocycles. The largest absolute Gasteiger partial charge is 0.504 e. The van der Waals surface area contributed by atoms with Crippen LogP contribution < -0.4 is 0 Å². The van der Waals surface area contributed by atoms with Crippen LogP contribution in [0.1, 0.15) is 29.9 Å². The van der Waals surface area contributed by atoms with E-state index in [1.54, 1.807) is 22.6 Å². The molecule has 0 amide bonds. The van der Waals surface area contributed by atoms with E-state index in [0.29, 0.717) is 17.8 Å². The summed E-state index contributed by atoms with van der Waals surface area (Å²) in [7, 11) is 0. The lowest BCUT2D eigenvalue weighted by Gasteiger charge is -2.13. The molecule has 24 heavy (non-hydrogen) atoms. The summed E-state index contributed by atoms with van der Waals surface area (Å²) in [5.41, 5.74) is 1.30. The van der Waals surface area contributed by atoms with Crippen molar-refractivity contribution in [2.45, 2.75) is 20.3 Å². The average Bonchev–Trinajstić information content (AvgIpc) is 2.89. The summed E-state index contributed by atoms with van der Waals surface area (Å²) in [4.78, 5) is 16.4. The van der Waals surface area contributed by atoms with Crippen molar-refractivity contribution < 1.29 is 18.7 Å². The molecule has 0 bridgehead atoms. The van der Waals surface area contributed by atoms with Crippen LogP contribution in [0, 0.1) is 15.2 Å². The van der Waals surface area contributed by atoms with Gasteiger partial charge in [0, 0.05) is 11.8 Å². The number of halogens is 3. The molecule has 0 atom stereocenters. The first-order valence-corrected chi connectivity index (χ1v) is 8.31. The van der Waals surface area contributed by atoms with Gasteiger partial charge in [0.25, 0.3) is 0 Å². The molecule has 7 heteroatoms. The van der Waals surface area contributed by atoms with E-state index in [4.69, 9.17) is 0 Å². The van der Waals surface area contributed by atoms with Crippen LogP contribution in [-0.2, 0) is 6.42 Å². The Morgan fingerprint density at radius 2 is 2.08 bits per heavy atom. The van der Waals surface area contributed by atoms with Gasteiger partial charge in [-0.05, 0) is 54.1 Å². The SMILES string of the molecule is CCc1nc2ccc(F)cn2c1-c1c(C(C)=O)cc(I)c(O)c1F. The molecule has 0 radical (unpaired) electrons. The summed E-state index contributed by atoms with van der Waals surface area (Å²) in [5.74, 6) is -2.31. The molecule has 2 heterocycles. The first kappa shape index (κ1) is 16.8. The van der Waals surface area contributed by atoms with Crippen LogP contribution in [-0.4, -0.2) is 20.3 Å². The van der Waals surface area contributed by atoms with E-state index >= 15 is 0 Å². The van der Waals surface area contributed by atoms with Crippen molar-refractivity contribution in [3.8, 4) is 17.0 Å². The summed E-state index contributed by atoms with van der Waals surface area (Å²) >= 11 is 1.76. The molecule has 2 aromatic heterocycles. The third-order valence-corrected chi connectivity index (χ3v) is 4.62. The van der Waals surface area contributed by atoms with Crippen molar-refractivity contribution in [2.24, 2.45) is 0 Å². The van der Waals surface area contributed by atoms with Gasteiger partial charge in [-0.1, -0.05) is 6.92 Å². The van der Waals surface area contributed by atoms with Gasteiger partial charge in [0.1, 0.15) is 11.5 Å². The quantitative estimate of drug-likeness (QED) is 0.485. The number of nitrogens with zero attached hydrogens (tertiary/aromatic N) is 2. The van der Waals surface area contributed by atoms with Crippen molar-refractivity contribution in [2.75, 3.05) is 0 Å². The van der Waals surface area contributed by atoms with Gasteiger partial charge >= 0.3 is 0 Å². The number of aryl methyl sites for hydroxylation is 1. The van der Waals surface area contributed by atoms with Crippen LogP contribution in [0.15, 0.2) is 24.4 Å². The lowest BCUT2D eigenvalue weighted by Crippen LogP contribution is -2.04. The highest BCUT2D eigenvalue weighted by molar-refractivity contribution is 14.1. The first-order valence-electron chi connectivity index (χ1n) is 7.23. The molecule has 0 saturated heterocycles. The third-order valence-electron chi connectivity index (χ3n) is 3.80. The summed E-state index contributed by atoms with van der Waals surface area (Å²) < 4.78 is 30.2. The van der Waals surface area contributed by atoms with Crippen LogP contribution in [0.5, 0.6) is 5.75 Å². The number of imidazole rings is 1. The fraction of sp³-hybridized carbons (Fsp3) is 0.176. The van der Waals surface area contributed by atoms with Crippen LogP contribution in [0.3, 0.4) is 0 Å². The minimum Gasteiger partial charge on any atom is -0.504 e. The number of phenols is 1. The van der Waals surface area contributed by atoms with Gasteiger partial charge in [-0.3, -0.25) is 9.20 Å². The first-order chi connectivity index (χ1) is 11.3. The minimum atomic E-state index is -0.909. The number of hydrogen-bond acceptors (Lipinski definition) is 3. The standard InChI is InChI=1S/C17H13F2IN2O2/c1-3-12-16(22-7-9(18)4-5-13(22)21-12)14-10(8(2)23)6-11(20)17(24)15(14)19/h4-7,24H,3H2,1-2H3. The highest BCUT2D eigenvalue weighted by Gasteiger charge is 2.25. The molecule has 0 fully saturated rings. The Morgan fingerprint density at radius 1 is 1.38 bits per heavy atom. The number of aromatic nitrogens is 2. The number of phenolic OH excluding ortho intramolecular Hbond substituents is 1. The third kappa shape index (κ3) is 2.56. The zero-order chi connectivity index (χ0) is 17.6. The van der Waals surface area contributed by atoms with E-state index in [2.05, 4.69) is 4.98 Å². The number of rotatable bonds is 3. The maximum Gasteiger partial charge on any atom is 0.176 e. The van der Waals surface area contributed by atoms with Crippen molar-refractivity contribution >= 4 is 34.0 Å². The maximum atomic E-state index is 14.8. The smallest absolute Gasteiger partial charge is 0.176 e. The van der Waals surface area contributed by atoms with Crippen LogP contribution in [0.4, 0.5) is 8.78 Å². The Morgan fingerprint density at radius 3 is 2.71 bits per heavy atom. The van der Waals surface area contributed by atoms with Crippen LogP contribution >= 0.6 is 22.6 Å². The van der Waals surface area contributed by atoms with Gasteiger partial charge in [-0.25, -0.2) is 13.8 Å². The number of carbonyl (C=O) groups excluding carboxylic acids is 1. The van der Waals surface area contributed by atoms with E-state index in [1.165, 1.54) is 35.7 Å². The lowest BCUT2D eigenvalue weighted by molar-refractivity contribution is 0.101. The average molecular weight is 442 g/mol. The Kier molecular flexibility index (Phi) is 4.29. The molecule has 1 N–H and O–H groups in total. The topological polar surface area (TPSA) is 54.6 Å². The molecule has 3 rings (SSSR count). The number of benzene rings is 1. The second-order valence-corrected chi connectivity index (χ2v) is 6.50. The second-order valence-electron chi connectivity index (χ2n) is 5.34. The Balaban J connectivity index is 2.50. The monoisotopic (exact) mass is 442 g/mol. The van der Waals surface area contributed by atoms with Gasteiger partial charge < -0.3 is 5.11 Å². The van der Waals surface area contributed by atoms with Crippen molar-refractivity contribution in [1.29, 1.82) is 0 Å². The molecule has 4 nitrogen and oxygen atoms in total. The Labute approximate surface area is 150 Å². The summed E-state index contributed by atoms with van der Waals surface area (Å²) in [6, 6.07) is 4.17. The molecule has 0 spiro atoms. The predicted octanol–water partition coefficient (Wildman–Crippen LogP) is 4.35. The van der Waals surface area contributed by atoms with Crippen molar-refractivity contribution in [1.82, 2.24) is 9.38 Å². The fourth-order valence-electron chi connectivity index (χ4n) is 2.70. The molecule has 1 aromatic carbocycles. The zero-order valence-corrected chi connectivity index (χ0v) is 15.1. The molecular formula is C17H13F2IN2O2.